The minimum atomic E-state index is 0.442. The van der Waals surface area contributed by atoms with Crippen molar-refractivity contribution in [3.63, 3.8) is 0 Å². The summed E-state index contributed by atoms with van der Waals surface area (Å²) in [7, 11) is 1.77. The summed E-state index contributed by atoms with van der Waals surface area (Å²) in [5.74, 6) is 0.873. The van der Waals surface area contributed by atoms with Crippen LogP contribution in [-0.4, -0.2) is 25.6 Å². The van der Waals surface area contributed by atoms with E-state index in [0.29, 0.717) is 6.04 Å². The van der Waals surface area contributed by atoms with Crippen LogP contribution < -0.4 is 10.6 Å². The van der Waals surface area contributed by atoms with Crippen LogP contribution in [0.1, 0.15) is 20.8 Å². The highest BCUT2D eigenvalue weighted by Crippen LogP contribution is 1.75. The molecule has 0 unspecified atom stereocenters. The van der Waals surface area contributed by atoms with E-state index in [9.17, 15) is 0 Å². The van der Waals surface area contributed by atoms with Crippen molar-refractivity contribution in [2.24, 2.45) is 4.99 Å². The Morgan fingerprint density at radius 2 is 1.92 bits per heavy atom. The summed E-state index contributed by atoms with van der Waals surface area (Å²) >= 11 is 0. The van der Waals surface area contributed by atoms with E-state index in [1.807, 2.05) is 6.92 Å². The molecule has 0 aromatic carbocycles. The van der Waals surface area contributed by atoms with Crippen LogP contribution in [0.2, 0.25) is 0 Å². The maximum atomic E-state index is 4.01. The van der Waals surface area contributed by atoms with Gasteiger partial charge in [-0.2, -0.15) is 0 Å². The van der Waals surface area contributed by atoms with Crippen molar-refractivity contribution in [3.8, 4) is 0 Å². The fraction of sp³-hybridized carbons (Fsp3) is 0.667. The summed E-state index contributed by atoms with van der Waals surface area (Å²) in [4.78, 5) is 4.01. The minimum Gasteiger partial charge on any atom is -0.357 e. The van der Waals surface area contributed by atoms with Crippen molar-refractivity contribution in [2.75, 3.05) is 13.6 Å². The standard InChI is InChI=1S/C7H17N3.C2H4/c1-5-9-7(8-4)10-6(2)3;1-2/h6H,5H2,1-4H3,(H2,8,9,10);1-2H2. The van der Waals surface area contributed by atoms with Crippen molar-refractivity contribution in [2.45, 2.75) is 26.8 Å². The number of hydrogen-bond donors (Lipinski definition) is 2. The molecule has 0 atom stereocenters. The minimum absolute atomic E-state index is 0.442. The second-order valence-electron chi connectivity index (χ2n) is 2.40. The van der Waals surface area contributed by atoms with Gasteiger partial charge in [0.25, 0.3) is 0 Å². The lowest BCUT2D eigenvalue weighted by atomic mass is 10.4. The first-order chi connectivity index (χ1) is 5.70. The molecule has 0 aliphatic rings. The van der Waals surface area contributed by atoms with Crippen LogP contribution in [0.5, 0.6) is 0 Å². The number of nitrogens with one attached hydrogen (secondary N) is 2. The van der Waals surface area contributed by atoms with Gasteiger partial charge in [-0.25, -0.2) is 0 Å². The zero-order valence-corrected chi connectivity index (χ0v) is 8.65. The SMILES string of the molecule is C=C.CCNC(=NC)NC(C)C. The molecule has 72 valence electrons. The van der Waals surface area contributed by atoms with Crippen LogP contribution in [0, 0.1) is 0 Å². The zero-order valence-electron chi connectivity index (χ0n) is 8.65. The Hall–Kier alpha value is -0.990. The summed E-state index contributed by atoms with van der Waals surface area (Å²) in [5.41, 5.74) is 0. The maximum absolute atomic E-state index is 4.01. The van der Waals surface area contributed by atoms with Crippen LogP contribution >= 0.6 is 0 Å². The first kappa shape index (κ1) is 13.6. The van der Waals surface area contributed by atoms with Gasteiger partial charge in [-0.1, -0.05) is 0 Å². The molecule has 0 rings (SSSR count). The second-order valence-corrected chi connectivity index (χ2v) is 2.40. The van der Waals surface area contributed by atoms with E-state index < -0.39 is 0 Å². The fourth-order valence-corrected chi connectivity index (χ4v) is 0.636. The van der Waals surface area contributed by atoms with Crippen molar-refractivity contribution >= 4 is 5.96 Å². The van der Waals surface area contributed by atoms with E-state index in [1.165, 1.54) is 0 Å². The summed E-state index contributed by atoms with van der Waals surface area (Å²) in [6.07, 6.45) is 0. The van der Waals surface area contributed by atoms with Crippen LogP contribution in [0.4, 0.5) is 0 Å². The highest BCUT2D eigenvalue weighted by atomic mass is 15.2. The second kappa shape index (κ2) is 10.0. The van der Waals surface area contributed by atoms with Gasteiger partial charge in [-0.15, -0.1) is 13.2 Å². The van der Waals surface area contributed by atoms with Crippen LogP contribution in [-0.2, 0) is 0 Å². The molecule has 0 heterocycles. The van der Waals surface area contributed by atoms with Crippen molar-refractivity contribution in [1.82, 2.24) is 10.6 Å². The van der Waals surface area contributed by atoms with Crippen molar-refractivity contribution in [3.05, 3.63) is 13.2 Å². The highest BCUT2D eigenvalue weighted by Gasteiger charge is 1.95. The molecule has 0 saturated carbocycles. The number of nitrogens with zero attached hydrogens (tertiary/aromatic N) is 1. The zero-order chi connectivity index (χ0) is 9.98. The Kier molecular flexibility index (Phi) is 11.3. The molecule has 0 radical (unpaired) electrons. The Labute approximate surface area is 76.0 Å². The van der Waals surface area contributed by atoms with Gasteiger partial charge >= 0.3 is 0 Å². The molecule has 0 amide bonds. The lowest BCUT2D eigenvalue weighted by Crippen LogP contribution is -2.40. The third-order valence-electron chi connectivity index (χ3n) is 0.993. The van der Waals surface area contributed by atoms with E-state index >= 15 is 0 Å². The average Bonchev–Trinajstić information content (AvgIpc) is 2.07. The topological polar surface area (TPSA) is 36.4 Å². The van der Waals surface area contributed by atoms with E-state index in [1.54, 1.807) is 7.05 Å². The molecule has 0 aromatic rings. The van der Waals surface area contributed by atoms with E-state index in [4.69, 9.17) is 0 Å². The highest BCUT2D eigenvalue weighted by molar-refractivity contribution is 5.79. The summed E-state index contributed by atoms with van der Waals surface area (Å²) in [6, 6.07) is 0.442. The van der Waals surface area contributed by atoms with E-state index in [0.717, 1.165) is 12.5 Å². The smallest absolute Gasteiger partial charge is 0.191 e. The monoisotopic (exact) mass is 171 g/mol. The van der Waals surface area contributed by atoms with Crippen LogP contribution in [0.15, 0.2) is 18.2 Å². The van der Waals surface area contributed by atoms with Gasteiger partial charge < -0.3 is 10.6 Å². The van der Waals surface area contributed by atoms with Gasteiger partial charge in [-0.05, 0) is 20.8 Å². The molecular weight excluding hydrogens is 150 g/mol. The Morgan fingerprint density at radius 3 is 2.17 bits per heavy atom. The number of guanidine groups is 1. The van der Waals surface area contributed by atoms with Crippen LogP contribution in [0.3, 0.4) is 0 Å². The Balaban J connectivity index is 0. The molecule has 3 heteroatoms. The van der Waals surface area contributed by atoms with E-state index in [2.05, 4.69) is 42.6 Å². The van der Waals surface area contributed by atoms with Gasteiger partial charge in [0, 0.05) is 19.6 Å². The normalized spacial score (nSPS) is 10.2. The first-order valence-electron chi connectivity index (χ1n) is 4.17. The van der Waals surface area contributed by atoms with Gasteiger partial charge in [-0.3, -0.25) is 4.99 Å². The largest absolute Gasteiger partial charge is 0.357 e. The van der Waals surface area contributed by atoms with Gasteiger partial charge in [0.1, 0.15) is 0 Å². The molecular formula is C9H21N3. The Bertz CT molecular complexity index is 119. The Morgan fingerprint density at radius 1 is 1.42 bits per heavy atom. The van der Waals surface area contributed by atoms with Gasteiger partial charge in [0.05, 0.1) is 0 Å². The molecule has 0 bridgehead atoms. The average molecular weight is 171 g/mol. The van der Waals surface area contributed by atoms with Crippen LogP contribution in [0.25, 0.3) is 0 Å². The number of rotatable bonds is 2. The fourth-order valence-electron chi connectivity index (χ4n) is 0.636. The predicted octanol–water partition coefficient (Wildman–Crippen LogP) is 1.38. The number of aliphatic imine (C=N–C) groups is 1. The summed E-state index contributed by atoms with van der Waals surface area (Å²) < 4.78 is 0. The first-order valence-corrected chi connectivity index (χ1v) is 4.17. The van der Waals surface area contributed by atoms with Gasteiger partial charge in [0.2, 0.25) is 0 Å². The van der Waals surface area contributed by atoms with Gasteiger partial charge in [0.15, 0.2) is 5.96 Å². The molecule has 12 heavy (non-hydrogen) atoms. The maximum Gasteiger partial charge on any atom is 0.191 e. The molecule has 3 nitrogen and oxygen atoms in total. The quantitative estimate of drug-likeness (QED) is 0.374. The number of hydrogen-bond acceptors (Lipinski definition) is 1. The van der Waals surface area contributed by atoms with E-state index in [-0.39, 0.29) is 0 Å². The predicted molar refractivity (Wildman–Crippen MR) is 56.6 cm³/mol. The third kappa shape index (κ3) is 9.01. The lowest BCUT2D eigenvalue weighted by Gasteiger charge is -2.12. The summed E-state index contributed by atoms with van der Waals surface area (Å²) in [5, 5.41) is 6.27. The van der Waals surface area contributed by atoms with Crippen molar-refractivity contribution < 1.29 is 0 Å². The summed E-state index contributed by atoms with van der Waals surface area (Å²) in [6.45, 7) is 13.1. The molecule has 0 aliphatic carbocycles. The molecule has 0 saturated heterocycles. The molecule has 0 fully saturated rings. The van der Waals surface area contributed by atoms with Crippen molar-refractivity contribution in [1.29, 1.82) is 0 Å². The third-order valence-corrected chi connectivity index (χ3v) is 0.993. The lowest BCUT2D eigenvalue weighted by molar-refractivity contribution is 0.705. The molecule has 0 spiro atoms. The molecule has 0 aliphatic heterocycles. The molecule has 0 aromatic heterocycles. The molecule has 2 N–H and O–H groups in total.